The molecule has 0 aromatic heterocycles. The number of carbonyl (C=O) groups is 2. The Morgan fingerprint density at radius 2 is 1.53 bits per heavy atom. The summed E-state index contributed by atoms with van der Waals surface area (Å²) in [6.45, 7) is -1.10. The minimum atomic E-state index is -1.29. The Labute approximate surface area is 206 Å². The smallest absolute Gasteiger partial charge is 0.410 e. The zero-order chi connectivity index (χ0) is 25.8. The monoisotopic (exact) mass is 492 g/mol. The van der Waals surface area contributed by atoms with Gasteiger partial charge < -0.3 is 19.3 Å². The first-order chi connectivity index (χ1) is 17.3. The summed E-state index contributed by atoms with van der Waals surface area (Å²) >= 11 is 0. The van der Waals surface area contributed by atoms with Gasteiger partial charge in [0, 0.05) is 5.92 Å². The number of benzene rings is 3. The first-order valence-electron chi connectivity index (χ1n) is 11.0. The van der Waals surface area contributed by atoms with E-state index in [1.165, 1.54) is 26.4 Å². The van der Waals surface area contributed by atoms with Crippen LogP contribution in [0.2, 0.25) is 0 Å². The van der Waals surface area contributed by atoms with Crippen LogP contribution in [-0.2, 0) is 16.1 Å². The highest BCUT2D eigenvalue weighted by Crippen LogP contribution is 2.44. The van der Waals surface area contributed by atoms with Crippen LogP contribution in [0, 0.1) is 10.1 Å². The molecule has 0 saturated carbocycles. The Hall–Kier alpha value is -4.60. The van der Waals surface area contributed by atoms with Crippen molar-refractivity contribution in [2.24, 2.45) is 0 Å². The molecule has 1 aliphatic carbocycles. The lowest BCUT2D eigenvalue weighted by molar-refractivity contribution is -0.385. The third kappa shape index (κ3) is 4.78. The van der Waals surface area contributed by atoms with E-state index >= 15 is 0 Å². The number of aliphatic carboxylic acids is 1. The average Bonchev–Trinajstić information content (AvgIpc) is 3.19. The zero-order valence-corrected chi connectivity index (χ0v) is 19.7. The van der Waals surface area contributed by atoms with E-state index in [9.17, 15) is 24.8 Å². The third-order valence-corrected chi connectivity index (χ3v) is 6.06. The summed E-state index contributed by atoms with van der Waals surface area (Å²) in [6, 6.07) is 18.2. The number of nitrogens with zero attached hydrogens (tertiary/aromatic N) is 2. The molecule has 36 heavy (non-hydrogen) atoms. The summed E-state index contributed by atoms with van der Waals surface area (Å²) in [5.74, 6) is -1.16. The molecule has 0 bridgehead atoms. The molecule has 0 aliphatic heterocycles. The van der Waals surface area contributed by atoms with Crippen molar-refractivity contribution < 1.29 is 33.8 Å². The maximum Gasteiger partial charge on any atom is 0.410 e. The summed E-state index contributed by atoms with van der Waals surface area (Å²) in [7, 11) is 2.71. The van der Waals surface area contributed by atoms with Crippen LogP contribution in [0.1, 0.15) is 22.6 Å². The van der Waals surface area contributed by atoms with Crippen molar-refractivity contribution in [1.29, 1.82) is 0 Å². The molecular weight excluding hydrogens is 468 g/mol. The first-order valence-corrected chi connectivity index (χ1v) is 11.0. The number of methoxy groups -OCH3 is 2. The van der Waals surface area contributed by atoms with Crippen molar-refractivity contribution in [2.75, 3.05) is 27.4 Å². The third-order valence-electron chi connectivity index (χ3n) is 6.06. The molecule has 0 radical (unpaired) electrons. The molecule has 0 spiro atoms. The average molecular weight is 492 g/mol. The SMILES string of the molecule is COc1cc(CN(CC(=O)O)C(=O)OCC2c3ccccc3-c3ccccc32)c([N+](=O)[O-])cc1OC. The van der Waals surface area contributed by atoms with Crippen LogP contribution >= 0.6 is 0 Å². The van der Waals surface area contributed by atoms with Gasteiger partial charge in [0.2, 0.25) is 0 Å². The van der Waals surface area contributed by atoms with Crippen molar-refractivity contribution in [1.82, 2.24) is 4.90 Å². The Bertz CT molecular complexity index is 1280. The maximum absolute atomic E-state index is 13.0. The maximum atomic E-state index is 13.0. The molecule has 3 aromatic carbocycles. The molecule has 1 N–H and O–H groups in total. The fourth-order valence-corrected chi connectivity index (χ4v) is 4.45. The van der Waals surface area contributed by atoms with Crippen molar-refractivity contribution in [3.05, 3.63) is 87.5 Å². The van der Waals surface area contributed by atoms with Crippen LogP contribution in [-0.4, -0.2) is 54.4 Å². The van der Waals surface area contributed by atoms with Crippen molar-refractivity contribution in [3.63, 3.8) is 0 Å². The molecule has 186 valence electrons. The quantitative estimate of drug-likeness (QED) is 0.343. The van der Waals surface area contributed by atoms with Gasteiger partial charge in [-0.1, -0.05) is 48.5 Å². The van der Waals surface area contributed by atoms with Gasteiger partial charge in [0.05, 0.1) is 37.3 Å². The molecule has 0 saturated heterocycles. The molecule has 4 rings (SSSR count). The van der Waals surface area contributed by atoms with Crippen LogP contribution in [0.25, 0.3) is 11.1 Å². The van der Waals surface area contributed by atoms with Crippen LogP contribution in [0.15, 0.2) is 60.7 Å². The number of carboxylic acid groups (broad SMARTS) is 1. The number of nitro groups is 1. The molecule has 0 heterocycles. The summed E-state index contributed by atoms with van der Waals surface area (Å²) in [5, 5.41) is 21.0. The molecule has 0 unspecified atom stereocenters. The van der Waals surface area contributed by atoms with Gasteiger partial charge in [-0.25, -0.2) is 4.79 Å². The van der Waals surface area contributed by atoms with Gasteiger partial charge in [0.1, 0.15) is 13.2 Å². The normalized spacial score (nSPS) is 11.8. The second-order valence-corrected chi connectivity index (χ2v) is 8.15. The topological polar surface area (TPSA) is 128 Å². The molecule has 1 amide bonds. The number of amides is 1. The van der Waals surface area contributed by atoms with Gasteiger partial charge in [-0.15, -0.1) is 0 Å². The number of carbonyl (C=O) groups excluding carboxylic acids is 1. The van der Waals surface area contributed by atoms with Gasteiger partial charge in [-0.05, 0) is 28.3 Å². The molecule has 10 nitrogen and oxygen atoms in total. The van der Waals surface area contributed by atoms with E-state index in [2.05, 4.69) is 0 Å². The lowest BCUT2D eigenvalue weighted by Gasteiger charge is -2.22. The second-order valence-electron chi connectivity index (χ2n) is 8.15. The van der Waals surface area contributed by atoms with Crippen LogP contribution in [0.3, 0.4) is 0 Å². The Morgan fingerprint density at radius 3 is 2.06 bits per heavy atom. The summed E-state index contributed by atoms with van der Waals surface area (Å²) in [4.78, 5) is 36.5. The molecule has 1 aliphatic rings. The minimum Gasteiger partial charge on any atom is -0.493 e. The van der Waals surface area contributed by atoms with Gasteiger partial charge in [-0.3, -0.25) is 19.8 Å². The molecule has 3 aromatic rings. The lowest BCUT2D eigenvalue weighted by Crippen LogP contribution is -2.36. The van der Waals surface area contributed by atoms with Gasteiger partial charge >= 0.3 is 12.1 Å². The van der Waals surface area contributed by atoms with Crippen molar-refractivity contribution >= 4 is 17.7 Å². The molecular formula is C26H24N2O8. The predicted octanol–water partition coefficient (Wildman–Crippen LogP) is 4.45. The van der Waals surface area contributed by atoms with Gasteiger partial charge in [0.25, 0.3) is 5.69 Å². The lowest BCUT2D eigenvalue weighted by atomic mass is 9.98. The van der Waals surface area contributed by atoms with E-state index in [-0.39, 0.29) is 41.8 Å². The Balaban J connectivity index is 1.58. The van der Waals surface area contributed by atoms with E-state index in [1.807, 2.05) is 48.5 Å². The fraction of sp³-hybridized carbons (Fsp3) is 0.231. The number of hydrogen-bond acceptors (Lipinski definition) is 7. The highest BCUT2D eigenvalue weighted by molar-refractivity contribution is 5.80. The molecule has 10 heteroatoms. The summed E-state index contributed by atoms with van der Waals surface area (Å²) in [6.07, 6.45) is -0.900. The van der Waals surface area contributed by atoms with E-state index in [4.69, 9.17) is 14.2 Å². The summed E-state index contributed by atoms with van der Waals surface area (Å²) < 4.78 is 15.9. The Kier molecular flexibility index (Phi) is 7.05. The van der Waals surface area contributed by atoms with Crippen molar-refractivity contribution in [3.8, 4) is 22.6 Å². The molecule has 0 atom stereocenters. The van der Waals surface area contributed by atoms with Crippen molar-refractivity contribution in [2.45, 2.75) is 12.5 Å². The van der Waals surface area contributed by atoms with E-state index in [0.717, 1.165) is 27.2 Å². The minimum absolute atomic E-state index is 0.0169. The van der Waals surface area contributed by atoms with Crippen LogP contribution < -0.4 is 9.47 Å². The number of ether oxygens (including phenoxy) is 3. The number of fused-ring (bicyclic) bond motifs is 3. The Morgan fingerprint density at radius 1 is 0.972 bits per heavy atom. The number of rotatable bonds is 9. The van der Waals surface area contributed by atoms with Crippen LogP contribution in [0.4, 0.5) is 10.5 Å². The number of nitro benzene ring substituents is 1. The highest BCUT2D eigenvalue weighted by Gasteiger charge is 2.31. The van der Waals surface area contributed by atoms with Crippen LogP contribution in [0.5, 0.6) is 11.5 Å². The largest absolute Gasteiger partial charge is 0.493 e. The van der Waals surface area contributed by atoms with Gasteiger partial charge in [-0.2, -0.15) is 0 Å². The fourth-order valence-electron chi connectivity index (χ4n) is 4.45. The van der Waals surface area contributed by atoms with E-state index in [0.29, 0.717) is 0 Å². The second kappa shape index (κ2) is 10.3. The first kappa shape index (κ1) is 24.5. The standard InChI is InChI=1S/C26H24N2O8/c1-34-23-11-16(22(28(32)33)12-24(23)35-2)13-27(14-25(29)30)26(31)36-15-21-19-9-5-3-7-17(19)18-8-4-6-10-20(18)21/h3-12,21H,13-15H2,1-2H3,(H,29,30). The van der Waals surface area contributed by atoms with E-state index < -0.39 is 23.5 Å². The number of hydrogen-bond donors (Lipinski definition) is 1. The molecule has 0 fully saturated rings. The zero-order valence-electron chi connectivity index (χ0n) is 19.7. The van der Waals surface area contributed by atoms with E-state index in [1.54, 1.807) is 0 Å². The van der Waals surface area contributed by atoms with Gasteiger partial charge in [0.15, 0.2) is 11.5 Å². The number of carboxylic acids is 1. The highest BCUT2D eigenvalue weighted by atomic mass is 16.6. The summed E-state index contributed by atoms with van der Waals surface area (Å²) in [5.41, 5.74) is 3.86. The predicted molar refractivity (Wildman–Crippen MR) is 129 cm³/mol.